The van der Waals surface area contributed by atoms with Gasteiger partial charge < -0.3 is 0 Å². The molecule has 0 aliphatic rings. The molecule has 0 heterocycles. The molecule has 0 bridgehead atoms. The van der Waals surface area contributed by atoms with Crippen LogP contribution in [0, 0.1) is 0 Å². The van der Waals surface area contributed by atoms with Gasteiger partial charge in [-0.1, -0.05) is 34.6 Å². The largest absolute Gasteiger partial charge is 0.0896 e. The van der Waals surface area contributed by atoms with Crippen LogP contribution in [-0.2, 0) is 0 Å². The van der Waals surface area contributed by atoms with E-state index in [0.29, 0.717) is 0 Å². The topological polar surface area (TPSA) is 0 Å². The molecular weight excluding hydrogens is 136 g/mol. The summed E-state index contributed by atoms with van der Waals surface area (Å²) in [5.41, 5.74) is 0. The first-order chi connectivity index (χ1) is 3.91. The van der Waals surface area contributed by atoms with E-state index in [2.05, 4.69) is 18.4 Å². The zero-order valence-electron chi connectivity index (χ0n) is 5.39. The van der Waals surface area contributed by atoms with Gasteiger partial charge in [-0.3, -0.25) is 0 Å². The van der Waals surface area contributed by atoms with Crippen molar-refractivity contribution in [2.75, 3.05) is 5.75 Å². The number of rotatable bonds is 4. The average Bonchev–Trinajstić information content (AvgIpc) is 1.81. The van der Waals surface area contributed by atoms with Gasteiger partial charge in [0.1, 0.15) is 0 Å². The first kappa shape index (κ1) is 8.44. The van der Waals surface area contributed by atoms with E-state index in [4.69, 9.17) is 0 Å². The van der Waals surface area contributed by atoms with E-state index in [1.165, 1.54) is 12.2 Å². The van der Waals surface area contributed by atoms with Crippen LogP contribution in [-0.4, -0.2) is 5.75 Å². The molecule has 0 aromatic heterocycles. The molecule has 0 saturated carbocycles. The van der Waals surface area contributed by atoms with Crippen molar-refractivity contribution in [3.63, 3.8) is 0 Å². The lowest BCUT2D eigenvalue weighted by molar-refractivity contribution is 1.11. The highest BCUT2D eigenvalue weighted by Crippen LogP contribution is 2.22. The molecule has 0 nitrogen and oxygen atoms in total. The fourth-order valence-corrected chi connectivity index (χ4v) is 2.04. The van der Waals surface area contributed by atoms with Crippen LogP contribution < -0.4 is 0 Å². The van der Waals surface area contributed by atoms with E-state index in [-0.39, 0.29) is 0 Å². The Kier molecular flexibility index (Phi) is 7.85. The van der Waals surface area contributed by atoms with Gasteiger partial charge in [-0.2, -0.15) is 0 Å². The van der Waals surface area contributed by atoms with Crippen molar-refractivity contribution >= 4 is 21.6 Å². The van der Waals surface area contributed by atoms with Crippen LogP contribution in [0.25, 0.3) is 0 Å². The molecule has 0 unspecified atom stereocenters. The molecule has 0 fully saturated rings. The maximum Gasteiger partial charge on any atom is 0.00375 e. The van der Waals surface area contributed by atoms with Gasteiger partial charge in [0.2, 0.25) is 0 Å². The van der Waals surface area contributed by atoms with Crippen molar-refractivity contribution < 1.29 is 0 Å². The Morgan fingerprint density at radius 2 is 2.25 bits per heavy atom. The summed E-state index contributed by atoms with van der Waals surface area (Å²) in [5, 5.41) is 2.11. The lowest BCUT2D eigenvalue weighted by atomic mass is 10.6. The molecule has 0 aromatic rings. The Morgan fingerprint density at radius 3 is 2.75 bits per heavy atom. The van der Waals surface area contributed by atoms with E-state index in [0.717, 1.165) is 0 Å². The first-order valence-electron chi connectivity index (χ1n) is 2.81. The van der Waals surface area contributed by atoms with E-state index < -0.39 is 0 Å². The van der Waals surface area contributed by atoms with Crippen LogP contribution >= 0.6 is 21.6 Å². The summed E-state index contributed by atoms with van der Waals surface area (Å²) in [6, 6.07) is 0. The molecule has 48 valence electrons. The van der Waals surface area contributed by atoms with Crippen molar-refractivity contribution in [1.82, 2.24) is 0 Å². The highest BCUT2D eigenvalue weighted by Gasteiger charge is 1.79. The molecule has 0 saturated heterocycles. The van der Waals surface area contributed by atoms with E-state index in [1.54, 1.807) is 0 Å². The molecule has 0 N–H and O–H groups in total. The van der Waals surface area contributed by atoms with Crippen molar-refractivity contribution in [3.8, 4) is 0 Å². The zero-order valence-corrected chi connectivity index (χ0v) is 7.02. The van der Waals surface area contributed by atoms with Gasteiger partial charge in [-0.15, -0.1) is 0 Å². The Bertz CT molecular complexity index is 59.5. The number of allylic oxidation sites excluding steroid dienone is 1. The Balaban J connectivity index is 2.72. The molecule has 0 aromatic carbocycles. The fourth-order valence-electron chi connectivity index (χ4n) is 0.226. The zero-order chi connectivity index (χ0) is 6.24. The summed E-state index contributed by atoms with van der Waals surface area (Å²) in [6.45, 7) is 4.24. The molecular formula is C6H12S2. The van der Waals surface area contributed by atoms with Crippen LogP contribution in [0.15, 0.2) is 11.5 Å². The second kappa shape index (κ2) is 7.44. The summed E-state index contributed by atoms with van der Waals surface area (Å²) >= 11 is 0. The number of hydrogen-bond donors (Lipinski definition) is 0. The molecule has 0 spiro atoms. The van der Waals surface area contributed by atoms with Gasteiger partial charge in [-0.05, 0) is 18.8 Å². The average molecular weight is 148 g/mol. The lowest BCUT2D eigenvalue weighted by Crippen LogP contribution is -1.63. The molecule has 8 heavy (non-hydrogen) atoms. The minimum Gasteiger partial charge on any atom is -0.0896 e. The Hall–Kier alpha value is 0.440. The van der Waals surface area contributed by atoms with Gasteiger partial charge in [0.25, 0.3) is 0 Å². The SMILES string of the molecule is C/C=C/SSCCC. The fraction of sp³-hybridized carbons (Fsp3) is 0.667. The summed E-state index contributed by atoms with van der Waals surface area (Å²) in [4.78, 5) is 0. The predicted molar refractivity (Wildman–Crippen MR) is 45.2 cm³/mol. The highest BCUT2D eigenvalue weighted by molar-refractivity contribution is 8.77. The minimum absolute atomic E-state index is 1.26. The smallest absolute Gasteiger partial charge is 0.00375 e. The maximum absolute atomic E-state index is 2.20. The standard InChI is InChI=1S/C6H12S2/c1-3-5-7-8-6-4-2/h3,5H,4,6H2,1-2H3/b5-3+. The quantitative estimate of drug-likeness (QED) is 0.443. The Labute approximate surface area is 59.5 Å². The Morgan fingerprint density at radius 1 is 1.50 bits per heavy atom. The second-order valence-electron chi connectivity index (χ2n) is 1.39. The summed E-state index contributed by atoms with van der Waals surface area (Å²) in [5.74, 6) is 1.26. The van der Waals surface area contributed by atoms with Crippen molar-refractivity contribution in [1.29, 1.82) is 0 Å². The highest BCUT2D eigenvalue weighted by atomic mass is 33.1. The van der Waals surface area contributed by atoms with Crippen molar-refractivity contribution in [2.45, 2.75) is 20.3 Å². The van der Waals surface area contributed by atoms with Crippen molar-refractivity contribution in [2.24, 2.45) is 0 Å². The van der Waals surface area contributed by atoms with Crippen LogP contribution in [0.4, 0.5) is 0 Å². The van der Waals surface area contributed by atoms with Crippen LogP contribution in [0.1, 0.15) is 20.3 Å². The third-order valence-corrected chi connectivity index (χ3v) is 2.88. The van der Waals surface area contributed by atoms with Crippen molar-refractivity contribution in [3.05, 3.63) is 11.5 Å². The molecule has 0 aliphatic carbocycles. The van der Waals surface area contributed by atoms with Gasteiger partial charge in [-0.25, -0.2) is 0 Å². The predicted octanol–water partition coefficient (Wildman–Crippen LogP) is 3.31. The van der Waals surface area contributed by atoms with E-state index in [1.807, 2.05) is 28.5 Å². The molecule has 2 heteroatoms. The first-order valence-corrected chi connectivity index (χ1v) is 5.19. The monoisotopic (exact) mass is 148 g/mol. The van der Waals surface area contributed by atoms with Crippen LogP contribution in [0.2, 0.25) is 0 Å². The third kappa shape index (κ3) is 6.44. The molecule has 0 atom stereocenters. The third-order valence-electron chi connectivity index (χ3n) is 0.547. The molecule has 0 rings (SSSR count). The molecule has 0 aliphatic heterocycles. The minimum atomic E-state index is 1.26. The van der Waals surface area contributed by atoms with Crippen LogP contribution in [0.5, 0.6) is 0 Å². The summed E-state index contributed by atoms with van der Waals surface area (Å²) < 4.78 is 0. The second-order valence-corrected chi connectivity index (χ2v) is 3.78. The van der Waals surface area contributed by atoms with Gasteiger partial charge in [0, 0.05) is 5.75 Å². The van der Waals surface area contributed by atoms with Crippen LogP contribution in [0.3, 0.4) is 0 Å². The summed E-state index contributed by atoms with van der Waals surface area (Å²) in [7, 11) is 3.72. The van der Waals surface area contributed by atoms with E-state index >= 15 is 0 Å². The lowest BCUT2D eigenvalue weighted by Gasteiger charge is -1.88. The number of hydrogen-bond acceptors (Lipinski definition) is 2. The molecule has 0 radical (unpaired) electrons. The summed E-state index contributed by atoms with van der Waals surface area (Å²) in [6.07, 6.45) is 3.34. The molecule has 0 amide bonds. The van der Waals surface area contributed by atoms with Gasteiger partial charge in [0.05, 0.1) is 0 Å². The normalized spacial score (nSPS) is 10.8. The van der Waals surface area contributed by atoms with Gasteiger partial charge >= 0.3 is 0 Å². The maximum atomic E-state index is 2.20. The van der Waals surface area contributed by atoms with Gasteiger partial charge in [0.15, 0.2) is 0 Å². The van der Waals surface area contributed by atoms with E-state index in [9.17, 15) is 0 Å².